The van der Waals surface area contributed by atoms with Gasteiger partial charge in [0.2, 0.25) is 10.0 Å². The molecule has 1 aromatic heterocycles. The van der Waals surface area contributed by atoms with Gasteiger partial charge in [0.1, 0.15) is 4.90 Å². The fraction of sp³-hybridized carbons (Fsp3) is 0.444. The van der Waals surface area contributed by atoms with E-state index >= 15 is 0 Å². The van der Waals surface area contributed by atoms with Crippen LogP contribution in [0, 0.1) is 0 Å². The first-order valence-corrected chi connectivity index (χ1v) is 7.30. The summed E-state index contributed by atoms with van der Waals surface area (Å²) in [6.07, 6.45) is 2.83. The van der Waals surface area contributed by atoms with Gasteiger partial charge in [-0.15, -0.1) is 0 Å². The summed E-state index contributed by atoms with van der Waals surface area (Å²) in [7, 11) is -3.45. The minimum absolute atomic E-state index is 0.162. The topological polar surface area (TPSA) is 68.3 Å². The lowest BCUT2D eigenvalue weighted by Gasteiger charge is -2.06. The predicted molar refractivity (Wildman–Crippen MR) is 64.0 cm³/mol. The van der Waals surface area contributed by atoms with Crippen molar-refractivity contribution in [3.05, 3.63) is 24.5 Å². The van der Waals surface area contributed by atoms with E-state index in [0.717, 1.165) is 5.33 Å². The summed E-state index contributed by atoms with van der Waals surface area (Å²) >= 11 is 3.21. The molecule has 1 heterocycles. The summed E-state index contributed by atoms with van der Waals surface area (Å²) in [6, 6.07) is 3.07. The van der Waals surface area contributed by atoms with E-state index in [1.165, 1.54) is 18.5 Å². The number of sulfonamides is 1. The Labute approximate surface area is 103 Å². The van der Waals surface area contributed by atoms with E-state index in [4.69, 9.17) is 4.74 Å². The maximum absolute atomic E-state index is 11.6. The van der Waals surface area contributed by atoms with Crippen LogP contribution in [0.15, 0.2) is 29.4 Å². The van der Waals surface area contributed by atoms with Crippen molar-refractivity contribution in [2.75, 3.05) is 25.1 Å². The van der Waals surface area contributed by atoms with Gasteiger partial charge in [0.25, 0.3) is 0 Å². The number of nitrogens with zero attached hydrogens (tertiary/aromatic N) is 1. The minimum Gasteiger partial charge on any atom is -0.379 e. The Kier molecular flexibility index (Phi) is 5.89. The Bertz CT molecular complexity index is 396. The standard InChI is InChI=1S/C9H13BrN2O3S/c10-3-6-15-7-5-12-16(13,14)9-2-1-4-11-8-9/h1-2,4,8,12H,3,5-7H2. The average molecular weight is 309 g/mol. The fourth-order valence-corrected chi connectivity index (χ4v) is 2.20. The van der Waals surface area contributed by atoms with Crippen LogP contribution in [0.25, 0.3) is 0 Å². The molecule has 0 aliphatic rings. The molecule has 0 amide bonds. The van der Waals surface area contributed by atoms with E-state index in [9.17, 15) is 8.42 Å². The Hall–Kier alpha value is -0.500. The summed E-state index contributed by atoms with van der Waals surface area (Å²) in [5, 5.41) is 0.738. The van der Waals surface area contributed by atoms with Crippen LogP contribution in [0.5, 0.6) is 0 Å². The number of nitrogens with one attached hydrogen (secondary N) is 1. The molecule has 1 rings (SSSR count). The van der Waals surface area contributed by atoms with Crippen molar-refractivity contribution >= 4 is 26.0 Å². The first kappa shape index (κ1) is 13.6. The summed E-state index contributed by atoms with van der Waals surface area (Å²) < 4.78 is 30.8. The number of ether oxygens (including phenoxy) is 1. The van der Waals surface area contributed by atoms with E-state index in [-0.39, 0.29) is 11.4 Å². The molecule has 16 heavy (non-hydrogen) atoms. The number of alkyl halides is 1. The highest BCUT2D eigenvalue weighted by Gasteiger charge is 2.12. The van der Waals surface area contributed by atoms with Gasteiger partial charge < -0.3 is 4.74 Å². The zero-order chi connectivity index (χ0) is 11.9. The van der Waals surface area contributed by atoms with Crippen molar-refractivity contribution in [1.29, 1.82) is 0 Å². The van der Waals surface area contributed by atoms with Crippen molar-refractivity contribution < 1.29 is 13.2 Å². The molecule has 0 aromatic carbocycles. The number of halogens is 1. The van der Waals surface area contributed by atoms with Crippen molar-refractivity contribution in [1.82, 2.24) is 9.71 Å². The van der Waals surface area contributed by atoms with Crippen LogP contribution in [-0.2, 0) is 14.8 Å². The molecule has 5 nitrogen and oxygen atoms in total. The highest BCUT2D eigenvalue weighted by molar-refractivity contribution is 9.09. The van der Waals surface area contributed by atoms with Gasteiger partial charge in [-0.25, -0.2) is 13.1 Å². The zero-order valence-corrected chi connectivity index (χ0v) is 11.0. The van der Waals surface area contributed by atoms with Gasteiger partial charge in [0.05, 0.1) is 13.2 Å². The molecule has 7 heteroatoms. The second-order valence-corrected chi connectivity index (χ2v) is 5.45. The average Bonchev–Trinajstić information content (AvgIpc) is 2.30. The molecule has 0 aliphatic carbocycles. The lowest BCUT2D eigenvalue weighted by molar-refractivity contribution is 0.156. The molecule has 1 aromatic rings. The lowest BCUT2D eigenvalue weighted by atomic mass is 10.5. The largest absolute Gasteiger partial charge is 0.379 e. The third kappa shape index (κ3) is 4.56. The normalized spacial score (nSPS) is 11.6. The van der Waals surface area contributed by atoms with Gasteiger partial charge in [-0.2, -0.15) is 0 Å². The molecule has 90 valence electrons. The Morgan fingerprint density at radius 2 is 2.25 bits per heavy atom. The maximum atomic E-state index is 11.6. The van der Waals surface area contributed by atoms with Crippen molar-refractivity contribution in [2.24, 2.45) is 0 Å². The molecule has 0 saturated carbocycles. The first-order valence-electron chi connectivity index (χ1n) is 4.70. The Morgan fingerprint density at radius 3 is 2.88 bits per heavy atom. The molecule has 0 radical (unpaired) electrons. The molecule has 0 fully saturated rings. The van der Waals surface area contributed by atoms with Gasteiger partial charge >= 0.3 is 0 Å². The zero-order valence-electron chi connectivity index (χ0n) is 8.60. The Balaban J connectivity index is 2.41. The summed E-state index contributed by atoms with van der Waals surface area (Å²) in [5.41, 5.74) is 0. The van der Waals surface area contributed by atoms with Gasteiger partial charge in [-0.05, 0) is 12.1 Å². The molecule has 0 saturated heterocycles. The quantitative estimate of drug-likeness (QED) is 0.597. The van der Waals surface area contributed by atoms with Crippen LogP contribution < -0.4 is 4.72 Å². The van der Waals surface area contributed by atoms with E-state index in [2.05, 4.69) is 25.6 Å². The summed E-state index contributed by atoms with van der Waals surface area (Å²) in [5.74, 6) is 0. The molecule has 0 spiro atoms. The van der Waals surface area contributed by atoms with Gasteiger partial charge in [-0.1, -0.05) is 15.9 Å². The van der Waals surface area contributed by atoms with Crippen LogP contribution in [0.3, 0.4) is 0 Å². The van der Waals surface area contributed by atoms with E-state index in [0.29, 0.717) is 13.2 Å². The lowest BCUT2D eigenvalue weighted by Crippen LogP contribution is -2.27. The third-order valence-corrected chi connectivity index (χ3v) is 3.47. The van der Waals surface area contributed by atoms with Crippen LogP contribution in [-0.4, -0.2) is 38.5 Å². The second kappa shape index (κ2) is 6.95. The van der Waals surface area contributed by atoms with Crippen LogP contribution >= 0.6 is 15.9 Å². The smallest absolute Gasteiger partial charge is 0.242 e. The first-order chi connectivity index (χ1) is 7.67. The van der Waals surface area contributed by atoms with Crippen molar-refractivity contribution in [3.8, 4) is 0 Å². The molecular weight excluding hydrogens is 296 g/mol. The van der Waals surface area contributed by atoms with E-state index < -0.39 is 10.0 Å². The van der Waals surface area contributed by atoms with Gasteiger partial charge in [-0.3, -0.25) is 4.98 Å². The molecule has 0 aliphatic heterocycles. The van der Waals surface area contributed by atoms with Crippen LogP contribution in [0.4, 0.5) is 0 Å². The summed E-state index contributed by atoms with van der Waals surface area (Å²) in [4.78, 5) is 3.91. The number of aromatic nitrogens is 1. The number of pyridine rings is 1. The Morgan fingerprint density at radius 1 is 1.44 bits per heavy atom. The molecule has 1 N–H and O–H groups in total. The van der Waals surface area contributed by atoms with Crippen LogP contribution in [0.2, 0.25) is 0 Å². The van der Waals surface area contributed by atoms with E-state index in [1.54, 1.807) is 6.07 Å². The SMILES string of the molecule is O=S(=O)(NCCOCCBr)c1cccnc1. The molecule has 0 atom stereocenters. The second-order valence-electron chi connectivity index (χ2n) is 2.89. The number of hydrogen-bond donors (Lipinski definition) is 1. The van der Waals surface area contributed by atoms with Gasteiger partial charge in [0.15, 0.2) is 0 Å². The van der Waals surface area contributed by atoms with Gasteiger partial charge in [0, 0.05) is 24.3 Å². The summed E-state index contributed by atoms with van der Waals surface area (Å²) in [6.45, 7) is 1.17. The molecule has 0 bridgehead atoms. The fourth-order valence-electron chi connectivity index (χ4n) is 0.994. The van der Waals surface area contributed by atoms with Crippen molar-refractivity contribution in [2.45, 2.75) is 4.90 Å². The van der Waals surface area contributed by atoms with Crippen LogP contribution in [0.1, 0.15) is 0 Å². The predicted octanol–water partition coefficient (Wildman–Crippen LogP) is 0.771. The third-order valence-electron chi connectivity index (χ3n) is 1.70. The van der Waals surface area contributed by atoms with E-state index in [1.807, 2.05) is 0 Å². The molecule has 0 unspecified atom stereocenters. The number of rotatable bonds is 7. The molecular formula is C9H13BrN2O3S. The minimum atomic E-state index is -3.45. The number of hydrogen-bond acceptors (Lipinski definition) is 4. The highest BCUT2D eigenvalue weighted by atomic mass is 79.9. The monoisotopic (exact) mass is 308 g/mol. The highest BCUT2D eigenvalue weighted by Crippen LogP contribution is 2.04. The van der Waals surface area contributed by atoms with Crippen molar-refractivity contribution in [3.63, 3.8) is 0 Å². The maximum Gasteiger partial charge on any atom is 0.242 e.